The van der Waals surface area contributed by atoms with Crippen LogP contribution >= 0.6 is 11.6 Å². The number of nitrogens with one attached hydrogen (secondary N) is 1. The number of carbonyl (C=O) groups excluding carboxylic acids is 8. The fourth-order valence-corrected chi connectivity index (χ4v) is 10.3. The Labute approximate surface area is 513 Å². The fourth-order valence-electron chi connectivity index (χ4n) is 10.2. The SMILES string of the molecule is CCCCCCCCCCCCCCCCCC(=O)OCCC(OC(=O)CCC(=O)OCC(C)(C)C(=O)OCCl)C(=O)OC1(CCOC(=O)CCCCCCCCCCCCCCCCC)OOC(=O)[C@@]1(NC(=O)OCc1ccccc1)C(C)C. The molecule has 0 spiro atoms. The van der Waals surface area contributed by atoms with E-state index >= 15 is 0 Å². The molecular weight excluding hydrogens is 1110 g/mol. The Bertz CT molecular complexity index is 2040. The molecule has 1 aromatic rings. The van der Waals surface area contributed by atoms with Crippen molar-refractivity contribution in [3.05, 3.63) is 35.9 Å². The number of alkyl halides is 1. The standard InChI is InChI=1S/C66H108ClNO17/c1-7-9-11-13-15-17-19-21-23-25-27-29-31-33-38-42-56(69)77-48-46-55(82-59(72)45-44-58(71)80-51-64(5,6)61(74)81-52-67)60(73)83-65(66(53(3)4,62(75)84-85-65)68-63(76)79-50-54-40-36-35-37-41-54)47-49-78-57(70)43-39-34-32-30-28-26-24-22-20-18-16-14-12-10-8-2/h35-37,40-41,53,55H,7-34,38-39,42-52H2,1-6H3,(H,68,76)/t55?,65?,66-/m0/s1. The van der Waals surface area contributed by atoms with E-state index in [1.165, 1.54) is 156 Å². The zero-order chi connectivity index (χ0) is 62.4. The van der Waals surface area contributed by atoms with Crippen LogP contribution in [0.25, 0.3) is 0 Å². The van der Waals surface area contributed by atoms with Gasteiger partial charge in [0.15, 0.2) is 6.07 Å². The Kier molecular flexibility index (Phi) is 41.4. The van der Waals surface area contributed by atoms with Crippen molar-refractivity contribution in [3.8, 4) is 0 Å². The highest BCUT2D eigenvalue weighted by Gasteiger charge is 2.71. The van der Waals surface area contributed by atoms with E-state index < -0.39 is 122 Å². The number of halogens is 1. The van der Waals surface area contributed by atoms with Crippen molar-refractivity contribution in [1.82, 2.24) is 5.32 Å². The average molecular weight is 1220 g/mol. The Morgan fingerprint density at radius 1 is 0.553 bits per heavy atom. The second-order valence-electron chi connectivity index (χ2n) is 23.7. The predicted molar refractivity (Wildman–Crippen MR) is 324 cm³/mol. The lowest BCUT2D eigenvalue weighted by atomic mass is 9.77. The molecule has 0 bridgehead atoms. The number of amides is 1. The van der Waals surface area contributed by atoms with Gasteiger partial charge in [-0.2, -0.15) is 0 Å². The molecule has 0 saturated carbocycles. The third-order valence-corrected chi connectivity index (χ3v) is 15.6. The summed E-state index contributed by atoms with van der Waals surface area (Å²) in [5.74, 6) is -9.77. The average Bonchev–Trinajstić information content (AvgIpc) is 2.04. The van der Waals surface area contributed by atoms with Crippen LogP contribution in [0.5, 0.6) is 0 Å². The number of hydrogen-bond donors (Lipinski definition) is 1. The van der Waals surface area contributed by atoms with E-state index in [4.69, 9.17) is 54.5 Å². The molecule has 3 atom stereocenters. The number of rotatable bonds is 52. The molecule has 18 nitrogen and oxygen atoms in total. The molecule has 1 aliphatic heterocycles. The Morgan fingerprint density at radius 2 is 0.988 bits per heavy atom. The van der Waals surface area contributed by atoms with Crippen molar-refractivity contribution in [2.75, 3.05) is 25.9 Å². The van der Waals surface area contributed by atoms with Gasteiger partial charge in [-0.05, 0) is 38.2 Å². The first-order valence-electron chi connectivity index (χ1n) is 32.5. The molecule has 0 aromatic heterocycles. The highest BCUT2D eigenvalue weighted by molar-refractivity contribution is 6.17. The number of ether oxygens (including phenoxy) is 7. The molecule has 1 saturated heterocycles. The van der Waals surface area contributed by atoms with Crippen molar-refractivity contribution in [2.24, 2.45) is 11.3 Å². The van der Waals surface area contributed by atoms with Crippen LogP contribution in [-0.2, 0) is 83.1 Å². The first kappa shape index (κ1) is 76.1. The lowest BCUT2D eigenvalue weighted by Crippen LogP contribution is -2.70. The summed E-state index contributed by atoms with van der Waals surface area (Å²) >= 11 is 5.53. The second-order valence-corrected chi connectivity index (χ2v) is 23.9. The van der Waals surface area contributed by atoms with Crippen LogP contribution in [0, 0.1) is 11.3 Å². The summed E-state index contributed by atoms with van der Waals surface area (Å²) in [6, 6.07) is 8.35. The molecule has 1 fully saturated rings. The van der Waals surface area contributed by atoms with Crippen LogP contribution in [0.3, 0.4) is 0 Å². The van der Waals surface area contributed by atoms with Crippen LogP contribution in [-0.4, -0.2) is 91.2 Å². The largest absolute Gasteiger partial charge is 0.466 e. The molecule has 2 rings (SSSR count). The predicted octanol–water partition coefficient (Wildman–Crippen LogP) is 15.4. The van der Waals surface area contributed by atoms with Crippen LogP contribution < -0.4 is 5.32 Å². The molecule has 85 heavy (non-hydrogen) atoms. The normalized spacial score (nSPS) is 16.1. The van der Waals surface area contributed by atoms with E-state index in [0.717, 1.165) is 51.4 Å². The molecule has 1 N–H and O–H groups in total. The molecule has 1 aliphatic rings. The third kappa shape index (κ3) is 32.5. The highest BCUT2D eigenvalue weighted by atomic mass is 35.5. The Morgan fingerprint density at radius 3 is 1.45 bits per heavy atom. The van der Waals surface area contributed by atoms with Crippen molar-refractivity contribution in [3.63, 3.8) is 0 Å². The molecule has 486 valence electrons. The summed E-state index contributed by atoms with van der Waals surface area (Å²) in [7, 11) is 0. The minimum absolute atomic E-state index is 0.1000. The van der Waals surface area contributed by atoms with E-state index in [1.807, 2.05) is 0 Å². The van der Waals surface area contributed by atoms with Gasteiger partial charge in [-0.25, -0.2) is 14.4 Å². The van der Waals surface area contributed by atoms with E-state index in [-0.39, 0.29) is 26.1 Å². The maximum absolute atomic E-state index is 14.6. The second kappa shape index (κ2) is 46.2. The lowest BCUT2D eigenvalue weighted by Gasteiger charge is -2.41. The molecule has 0 aliphatic carbocycles. The molecular formula is C66H108ClNO17. The number of benzene rings is 1. The third-order valence-electron chi connectivity index (χ3n) is 15.5. The monoisotopic (exact) mass is 1220 g/mol. The maximum atomic E-state index is 14.6. The summed E-state index contributed by atoms with van der Waals surface area (Å²) in [5, 5.41) is 2.55. The molecule has 0 radical (unpaired) electrons. The maximum Gasteiger partial charge on any atom is 0.408 e. The number of carbonyl (C=O) groups is 8. The number of alkyl carbamates (subject to hydrolysis) is 1. The van der Waals surface area contributed by atoms with E-state index in [2.05, 4.69) is 19.2 Å². The van der Waals surface area contributed by atoms with Gasteiger partial charge in [-0.1, -0.05) is 249 Å². The smallest absolute Gasteiger partial charge is 0.408 e. The number of unbranched alkanes of at least 4 members (excludes halogenated alkanes) is 28. The first-order valence-corrected chi connectivity index (χ1v) is 33.0. The summed E-state index contributed by atoms with van der Waals surface area (Å²) in [4.78, 5) is 118. The minimum atomic E-state index is -2.58. The number of esters is 6. The summed E-state index contributed by atoms with van der Waals surface area (Å²) < 4.78 is 38.4. The van der Waals surface area contributed by atoms with Crippen molar-refractivity contribution >= 4 is 59.5 Å². The van der Waals surface area contributed by atoms with Gasteiger partial charge in [0.25, 0.3) is 5.79 Å². The van der Waals surface area contributed by atoms with Gasteiger partial charge in [0.05, 0.1) is 37.9 Å². The molecule has 1 heterocycles. The minimum Gasteiger partial charge on any atom is -0.466 e. The molecule has 2 unspecified atom stereocenters. The zero-order valence-corrected chi connectivity index (χ0v) is 53.6. The first-order chi connectivity index (χ1) is 41.0. The van der Waals surface area contributed by atoms with Crippen LogP contribution in [0.15, 0.2) is 30.3 Å². The number of hydrogen-bond acceptors (Lipinski definition) is 17. The van der Waals surface area contributed by atoms with Gasteiger partial charge >= 0.3 is 47.9 Å². The lowest BCUT2D eigenvalue weighted by molar-refractivity contribution is -0.371. The van der Waals surface area contributed by atoms with Gasteiger partial charge in [-0.3, -0.25) is 34.2 Å². The Balaban J connectivity index is 2.19. The molecule has 1 aromatic carbocycles. The van der Waals surface area contributed by atoms with Gasteiger partial charge in [0.2, 0.25) is 11.6 Å². The van der Waals surface area contributed by atoms with Crippen molar-refractivity contribution < 1.29 is 81.3 Å². The molecule has 1 amide bonds. The van der Waals surface area contributed by atoms with Gasteiger partial charge < -0.3 is 33.2 Å². The quantitative estimate of drug-likeness (QED) is 0.0210. The molecule has 19 heteroatoms. The van der Waals surface area contributed by atoms with Crippen LogP contribution in [0.2, 0.25) is 0 Å². The summed E-state index contributed by atoms with van der Waals surface area (Å²) in [6.45, 7) is 9.01. The summed E-state index contributed by atoms with van der Waals surface area (Å²) in [5.41, 5.74) is -2.97. The van der Waals surface area contributed by atoms with Gasteiger partial charge in [0.1, 0.15) is 13.2 Å². The summed E-state index contributed by atoms with van der Waals surface area (Å²) in [6.07, 6.45) is 30.1. The van der Waals surface area contributed by atoms with Crippen molar-refractivity contribution in [1.29, 1.82) is 0 Å². The van der Waals surface area contributed by atoms with E-state index in [0.29, 0.717) is 18.4 Å². The Hall–Kier alpha value is -4.97. The topological polar surface area (TPSA) is 232 Å². The van der Waals surface area contributed by atoms with Crippen LogP contribution in [0.4, 0.5) is 4.79 Å². The highest BCUT2D eigenvalue weighted by Crippen LogP contribution is 2.44. The fraction of sp³-hybridized carbons (Fsp3) is 0.788. The van der Waals surface area contributed by atoms with Crippen molar-refractivity contribution in [2.45, 2.75) is 297 Å². The van der Waals surface area contributed by atoms with Crippen LogP contribution in [0.1, 0.15) is 278 Å². The van der Waals surface area contributed by atoms with E-state index in [9.17, 15) is 38.4 Å². The van der Waals surface area contributed by atoms with Gasteiger partial charge in [0, 0.05) is 19.3 Å². The van der Waals surface area contributed by atoms with Gasteiger partial charge in [-0.15, -0.1) is 4.89 Å². The zero-order valence-electron chi connectivity index (χ0n) is 52.9. The van der Waals surface area contributed by atoms with E-state index in [1.54, 1.807) is 30.3 Å².